The lowest BCUT2D eigenvalue weighted by Crippen LogP contribution is -2.49. The molecule has 2 aliphatic rings. The number of amides is 1. The maximum Gasteiger partial charge on any atom is 0.233 e. The molecule has 0 radical (unpaired) electrons. The van der Waals surface area contributed by atoms with Crippen molar-refractivity contribution in [1.29, 1.82) is 0 Å². The van der Waals surface area contributed by atoms with Crippen LogP contribution in [0, 0.1) is 5.92 Å². The highest BCUT2D eigenvalue weighted by molar-refractivity contribution is 7.99. The Kier molecular flexibility index (Phi) is 5.54. The summed E-state index contributed by atoms with van der Waals surface area (Å²) >= 11 is 1.99. The molecule has 2 rings (SSSR count). The third-order valence-corrected chi connectivity index (χ3v) is 5.04. The predicted octanol–water partition coefficient (Wildman–Crippen LogP) is 1.40. The van der Waals surface area contributed by atoms with Gasteiger partial charge in [-0.15, -0.1) is 0 Å². The molecule has 19 heavy (non-hydrogen) atoms. The first kappa shape index (κ1) is 15.1. The van der Waals surface area contributed by atoms with E-state index in [1.165, 1.54) is 5.75 Å². The molecule has 2 saturated heterocycles. The van der Waals surface area contributed by atoms with Gasteiger partial charge >= 0.3 is 0 Å². The summed E-state index contributed by atoms with van der Waals surface area (Å²) in [7, 11) is 0. The van der Waals surface area contributed by atoms with Crippen LogP contribution in [0.1, 0.15) is 33.1 Å². The zero-order chi connectivity index (χ0) is 13.7. The molecule has 110 valence electrons. The van der Waals surface area contributed by atoms with Crippen molar-refractivity contribution in [1.82, 2.24) is 10.6 Å². The van der Waals surface area contributed by atoms with Crippen LogP contribution in [-0.4, -0.2) is 48.8 Å². The Hall–Kier alpha value is -0.260. The van der Waals surface area contributed by atoms with E-state index >= 15 is 0 Å². The first-order valence-electron chi connectivity index (χ1n) is 7.31. The highest BCUT2D eigenvalue weighted by Crippen LogP contribution is 2.38. The van der Waals surface area contributed by atoms with Crippen LogP contribution in [0.5, 0.6) is 0 Å². The molecule has 5 heteroatoms. The molecule has 2 N–H and O–H groups in total. The summed E-state index contributed by atoms with van der Waals surface area (Å²) in [6.45, 7) is 6.22. The van der Waals surface area contributed by atoms with Crippen molar-refractivity contribution in [3.05, 3.63) is 0 Å². The van der Waals surface area contributed by atoms with Crippen LogP contribution in [0.3, 0.4) is 0 Å². The summed E-state index contributed by atoms with van der Waals surface area (Å²) in [6, 6.07) is 0.428. The molecule has 1 spiro atoms. The molecule has 0 aliphatic carbocycles. The third kappa shape index (κ3) is 4.65. The molecule has 2 heterocycles. The summed E-state index contributed by atoms with van der Waals surface area (Å²) in [5.41, 5.74) is 0.0923. The van der Waals surface area contributed by atoms with Crippen molar-refractivity contribution in [3.63, 3.8) is 0 Å². The highest BCUT2D eigenvalue weighted by atomic mass is 32.2. The average molecular weight is 286 g/mol. The quantitative estimate of drug-likeness (QED) is 0.802. The first-order valence-corrected chi connectivity index (χ1v) is 8.47. The van der Waals surface area contributed by atoms with E-state index in [1.807, 2.05) is 11.8 Å². The number of thioether (sulfide) groups is 1. The van der Waals surface area contributed by atoms with E-state index in [0.29, 0.717) is 18.5 Å². The lowest BCUT2D eigenvalue weighted by atomic mass is 9.90. The van der Waals surface area contributed by atoms with Gasteiger partial charge in [0.15, 0.2) is 0 Å². The summed E-state index contributed by atoms with van der Waals surface area (Å²) in [5, 5.41) is 6.34. The van der Waals surface area contributed by atoms with Crippen molar-refractivity contribution >= 4 is 17.7 Å². The molecular formula is C14H26N2O2S. The van der Waals surface area contributed by atoms with Gasteiger partial charge in [0.25, 0.3) is 0 Å². The number of carbonyl (C=O) groups is 1. The summed E-state index contributed by atoms with van der Waals surface area (Å²) in [4.78, 5) is 11.7. The molecular weight excluding hydrogens is 260 g/mol. The van der Waals surface area contributed by atoms with Crippen LogP contribution in [0.4, 0.5) is 0 Å². The second-order valence-electron chi connectivity index (χ2n) is 6.10. The minimum atomic E-state index is 0.0923. The predicted molar refractivity (Wildman–Crippen MR) is 79.5 cm³/mol. The molecule has 0 aromatic rings. The Morgan fingerprint density at radius 2 is 2.37 bits per heavy atom. The van der Waals surface area contributed by atoms with Crippen molar-refractivity contribution in [3.8, 4) is 0 Å². The maximum absolute atomic E-state index is 11.7. The minimum absolute atomic E-state index is 0.0923. The lowest BCUT2D eigenvalue weighted by Gasteiger charge is -2.38. The molecule has 2 atom stereocenters. The van der Waals surface area contributed by atoms with Crippen molar-refractivity contribution in [2.24, 2.45) is 5.92 Å². The minimum Gasteiger partial charge on any atom is -0.374 e. The topological polar surface area (TPSA) is 50.4 Å². The molecule has 0 aromatic heterocycles. The van der Waals surface area contributed by atoms with Crippen LogP contribution in [-0.2, 0) is 9.53 Å². The normalized spacial score (nSPS) is 31.0. The second kappa shape index (κ2) is 6.95. The van der Waals surface area contributed by atoms with E-state index in [1.54, 1.807) is 0 Å². The monoisotopic (exact) mass is 286 g/mol. The molecule has 2 aliphatic heterocycles. The van der Waals surface area contributed by atoms with Gasteiger partial charge in [-0.2, -0.15) is 11.8 Å². The van der Waals surface area contributed by atoms with Gasteiger partial charge in [-0.25, -0.2) is 0 Å². The first-order chi connectivity index (χ1) is 9.10. The molecule has 1 amide bonds. The van der Waals surface area contributed by atoms with Gasteiger partial charge in [-0.1, -0.05) is 13.8 Å². The molecule has 0 bridgehead atoms. The van der Waals surface area contributed by atoms with E-state index in [0.717, 1.165) is 38.2 Å². The Morgan fingerprint density at radius 1 is 1.53 bits per heavy atom. The SMILES string of the molecule is CC(C)CNC(=O)CNC1CCOC2(CCSC2)C1. The van der Waals surface area contributed by atoms with E-state index in [-0.39, 0.29) is 11.5 Å². The Morgan fingerprint density at radius 3 is 3.05 bits per heavy atom. The fourth-order valence-electron chi connectivity index (χ4n) is 2.68. The van der Waals surface area contributed by atoms with Crippen LogP contribution in [0.15, 0.2) is 0 Å². The molecule has 2 fully saturated rings. The number of ether oxygens (including phenoxy) is 1. The second-order valence-corrected chi connectivity index (χ2v) is 7.21. The van der Waals surface area contributed by atoms with Crippen LogP contribution < -0.4 is 10.6 Å². The lowest BCUT2D eigenvalue weighted by molar-refractivity contribution is -0.121. The molecule has 2 unspecified atom stereocenters. The van der Waals surface area contributed by atoms with Crippen LogP contribution in [0.25, 0.3) is 0 Å². The maximum atomic E-state index is 11.7. The molecule has 0 aromatic carbocycles. The molecule has 4 nitrogen and oxygen atoms in total. The van der Waals surface area contributed by atoms with Gasteiger partial charge in [-0.3, -0.25) is 4.79 Å². The number of hydrogen-bond donors (Lipinski definition) is 2. The summed E-state index contributed by atoms with van der Waals surface area (Å²) in [6.07, 6.45) is 3.23. The van der Waals surface area contributed by atoms with Gasteiger partial charge in [-0.05, 0) is 30.9 Å². The molecule has 0 saturated carbocycles. The van der Waals surface area contributed by atoms with Gasteiger partial charge < -0.3 is 15.4 Å². The highest BCUT2D eigenvalue weighted by Gasteiger charge is 2.40. The fraction of sp³-hybridized carbons (Fsp3) is 0.929. The number of nitrogens with one attached hydrogen (secondary N) is 2. The summed E-state index contributed by atoms with van der Waals surface area (Å²) < 4.78 is 5.98. The third-order valence-electron chi connectivity index (χ3n) is 3.82. The largest absolute Gasteiger partial charge is 0.374 e. The van der Waals surface area contributed by atoms with Crippen molar-refractivity contribution in [2.75, 3.05) is 31.2 Å². The Bertz CT molecular complexity index is 304. The zero-order valence-electron chi connectivity index (χ0n) is 12.0. The van der Waals surface area contributed by atoms with E-state index < -0.39 is 0 Å². The van der Waals surface area contributed by atoms with Gasteiger partial charge in [0.05, 0.1) is 12.1 Å². The smallest absolute Gasteiger partial charge is 0.233 e. The standard InChI is InChI=1S/C14H26N2O2S/c1-11(2)8-16-13(17)9-15-12-3-5-18-14(7-12)4-6-19-10-14/h11-12,15H,3-10H2,1-2H3,(H,16,17). The van der Waals surface area contributed by atoms with E-state index in [2.05, 4.69) is 24.5 Å². The summed E-state index contributed by atoms with van der Waals surface area (Å²) in [5.74, 6) is 2.94. The number of hydrogen-bond acceptors (Lipinski definition) is 4. The van der Waals surface area contributed by atoms with E-state index in [9.17, 15) is 4.79 Å². The Labute approximate surface area is 120 Å². The van der Waals surface area contributed by atoms with Gasteiger partial charge in [0.2, 0.25) is 5.91 Å². The van der Waals surface area contributed by atoms with E-state index in [4.69, 9.17) is 4.74 Å². The zero-order valence-corrected chi connectivity index (χ0v) is 12.9. The van der Waals surface area contributed by atoms with Crippen molar-refractivity contribution < 1.29 is 9.53 Å². The number of carbonyl (C=O) groups excluding carboxylic acids is 1. The van der Waals surface area contributed by atoms with Crippen molar-refractivity contribution in [2.45, 2.75) is 44.8 Å². The van der Waals surface area contributed by atoms with Crippen LogP contribution >= 0.6 is 11.8 Å². The fourth-order valence-corrected chi connectivity index (χ4v) is 4.06. The number of rotatable bonds is 5. The van der Waals surface area contributed by atoms with Gasteiger partial charge in [0.1, 0.15) is 0 Å². The Balaban J connectivity index is 1.69. The van der Waals surface area contributed by atoms with Gasteiger partial charge in [0, 0.05) is 24.9 Å². The van der Waals surface area contributed by atoms with Crippen LogP contribution in [0.2, 0.25) is 0 Å². The average Bonchev–Trinajstić information content (AvgIpc) is 2.82.